The maximum atomic E-state index is 12.8. The number of carbonyl (C=O) groups is 3. The zero-order valence-corrected chi connectivity index (χ0v) is 16.2. The van der Waals surface area contributed by atoms with Gasteiger partial charge < -0.3 is 20.1 Å². The molecule has 2 amide bonds. The predicted molar refractivity (Wildman–Crippen MR) is 99.8 cm³/mol. The molecule has 3 rings (SSSR count). The molecule has 1 aromatic rings. The molecular formula is C20H26N2O5. The standard InChI is InChI=1S/C20H26N2O5/c1-5-27-16-11-20(18(25)26,19(16,3)4)21-17(24)14-6-7-15-13(10-14)8-9-22(15)12(2)23/h6-7,10,16H,5,8-9,11H2,1-4H3,(H,21,24)(H,25,26). The number of amides is 2. The van der Waals surface area contributed by atoms with E-state index in [0.717, 1.165) is 11.3 Å². The summed E-state index contributed by atoms with van der Waals surface area (Å²) >= 11 is 0. The Morgan fingerprint density at radius 2 is 2.04 bits per heavy atom. The number of hydrogen-bond acceptors (Lipinski definition) is 4. The largest absolute Gasteiger partial charge is 0.479 e. The van der Waals surface area contributed by atoms with Gasteiger partial charge in [0.25, 0.3) is 5.91 Å². The summed E-state index contributed by atoms with van der Waals surface area (Å²) in [5, 5.41) is 12.6. The minimum atomic E-state index is -1.37. The lowest BCUT2D eigenvalue weighted by Crippen LogP contribution is -2.76. The highest BCUT2D eigenvalue weighted by Crippen LogP contribution is 2.51. The van der Waals surface area contributed by atoms with Gasteiger partial charge in [-0.25, -0.2) is 4.79 Å². The first-order valence-electron chi connectivity index (χ1n) is 9.22. The number of rotatable bonds is 5. The van der Waals surface area contributed by atoms with Gasteiger partial charge in [-0.15, -0.1) is 0 Å². The smallest absolute Gasteiger partial charge is 0.330 e. The Kier molecular flexibility index (Phi) is 4.76. The first-order valence-corrected chi connectivity index (χ1v) is 9.22. The summed E-state index contributed by atoms with van der Waals surface area (Å²) < 4.78 is 5.63. The highest BCUT2D eigenvalue weighted by molar-refractivity contribution is 6.00. The highest BCUT2D eigenvalue weighted by atomic mass is 16.5. The van der Waals surface area contributed by atoms with Crippen LogP contribution < -0.4 is 10.2 Å². The van der Waals surface area contributed by atoms with Gasteiger partial charge in [-0.05, 0) is 37.1 Å². The number of anilines is 1. The molecule has 7 heteroatoms. The van der Waals surface area contributed by atoms with Crippen LogP contribution >= 0.6 is 0 Å². The van der Waals surface area contributed by atoms with Crippen LogP contribution in [0.2, 0.25) is 0 Å². The molecule has 1 fully saturated rings. The van der Waals surface area contributed by atoms with Crippen molar-refractivity contribution >= 4 is 23.5 Å². The fourth-order valence-corrected chi connectivity index (χ4v) is 4.17. The van der Waals surface area contributed by atoms with Crippen LogP contribution in [0.15, 0.2) is 18.2 Å². The summed E-state index contributed by atoms with van der Waals surface area (Å²) in [6, 6.07) is 5.13. The van der Waals surface area contributed by atoms with Gasteiger partial charge in [0, 0.05) is 43.2 Å². The molecule has 1 aromatic carbocycles. The van der Waals surface area contributed by atoms with E-state index in [1.807, 2.05) is 6.92 Å². The molecule has 1 saturated carbocycles. The maximum absolute atomic E-state index is 12.8. The van der Waals surface area contributed by atoms with Crippen LogP contribution in [0.1, 0.15) is 50.0 Å². The fraction of sp³-hybridized carbons (Fsp3) is 0.550. The molecule has 2 atom stereocenters. The van der Waals surface area contributed by atoms with Crippen LogP contribution in [0.5, 0.6) is 0 Å². The van der Waals surface area contributed by atoms with Crippen molar-refractivity contribution in [3.8, 4) is 0 Å². The number of fused-ring (bicyclic) bond motifs is 1. The number of carbonyl (C=O) groups excluding carboxylic acids is 2. The number of nitrogens with zero attached hydrogens (tertiary/aromatic N) is 1. The summed E-state index contributed by atoms with van der Waals surface area (Å²) in [5.41, 5.74) is 0.0335. The number of carboxylic acids is 1. The molecule has 7 nitrogen and oxygen atoms in total. The molecule has 2 aliphatic rings. The van der Waals surface area contributed by atoms with Crippen molar-refractivity contribution in [1.82, 2.24) is 5.32 Å². The van der Waals surface area contributed by atoms with Gasteiger partial charge >= 0.3 is 5.97 Å². The van der Waals surface area contributed by atoms with Gasteiger partial charge in [-0.3, -0.25) is 9.59 Å². The highest BCUT2D eigenvalue weighted by Gasteiger charge is 2.66. The van der Waals surface area contributed by atoms with Gasteiger partial charge in [0.1, 0.15) is 5.54 Å². The van der Waals surface area contributed by atoms with Gasteiger partial charge in [-0.1, -0.05) is 13.8 Å². The van der Waals surface area contributed by atoms with Gasteiger partial charge in [-0.2, -0.15) is 0 Å². The summed E-state index contributed by atoms with van der Waals surface area (Å²) in [6.07, 6.45) is 0.693. The van der Waals surface area contributed by atoms with Crippen molar-refractivity contribution in [3.05, 3.63) is 29.3 Å². The van der Waals surface area contributed by atoms with Gasteiger partial charge in [0.15, 0.2) is 0 Å². The lowest BCUT2D eigenvalue weighted by atomic mass is 9.54. The molecule has 0 radical (unpaired) electrons. The monoisotopic (exact) mass is 374 g/mol. The number of benzene rings is 1. The summed E-state index contributed by atoms with van der Waals surface area (Å²) in [5.74, 6) is -1.51. The van der Waals surface area contributed by atoms with E-state index in [9.17, 15) is 19.5 Å². The Labute approximate surface area is 158 Å². The van der Waals surface area contributed by atoms with Crippen molar-refractivity contribution in [2.45, 2.75) is 52.2 Å². The molecule has 2 N–H and O–H groups in total. The average Bonchev–Trinajstić information content (AvgIpc) is 3.03. The number of nitrogens with one attached hydrogen (secondary N) is 1. The Bertz CT molecular complexity index is 804. The molecular weight excluding hydrogens is 348 g/mol. The second-order valence-electron chi connectivity index (χ2n) is 7.80. The number of hydrogen-bond donors (Lipinski definition) is 2. The molecule has 1 aliphatic heterocycles. The summed E-state index contributed by atoms with van der Waals surface area (Å²) in [4.78, 5) is 38.2. The third kappa shape index (κ3) is 2.90. The van der Waals surface area contributed by atoms with Crippen LogP contribution in [0.4, 0.5) is 5.69 Å². The van der Waals surface area contributed by atoms with E-state index in [0.29, 0.717) is 25.1 Å². The maximum Gasteiger partial charge on any atom is 0.330 e. The zero-order valence-electron chi connectivity index (χ0n) is 16.2. The average molecular weight is 374 g/mol. The van der Waals surface area contributed by atoms with Crippen LogP contribution in [0.3, 0.4) is 0 Å². The fourth-order valence-electron chi connectivity index (χ4n) is 4.17. The van der Waals surface area contributed by atoms with Crippen LogP contribution in [0, 0.1) is 5.41 Å². The van der Waals surface area contributed by atoms with Crippen LogP contribution in [-0.4, -0.2) is 47.7 Å². The Balaban J connectivity index is 1.83. The second-order valence-corrected chi connectivity index (χ2v) is 7.80. The topological polar surface area (TPSA) is 95.9 Å². The quantitative estimate of drug-likeness (QED) is 0.822. The van der Waals surface area contributed by atoms with Crippen molar-refractivity contribution in [2.75, 3.05) is 18.1 Å². The molecule has 1 heterocycles. The Hall–Kier alpha value is -2.41. The molecule has 1 aliphatic carbocycles. The number of carboxylic acid groups (broad SMARTS) is 1. The molecule has 27 heavy (non-hydrogen) atoms. The molecule has 146 valence electrons. The van der Waals surface area contributed by atoms with Crippen LogP contribution in [-0.2, 0) is 20.7 Å². The molecule has 0 aromatic heterocycles. The SMILES string of the molecule is CCOC1CC(NC(=O)c2ccc3c(c2)CCN3C(C)=O)(C(=O)O)C1(C)C. The van der Waals surface area contributed by atoms with Crippen molar-refractivity contribution in [3.63, 3.8) is 0 Å². The minimum Gasteiger partial charge on any atom is -0.479 e. The molecule has 0 spiro atoms. The second kappa shape index (κ2) is 6.64. The Morgan fingerprint density at radius 3 is 2.59 bits per heavy atom. The van der Waals surface area contributed by atoms with Gasteiger partial charge in [0.05, 0.1) is 6.10 Å². The third-order valence-electron chi connectivity index (χ3n) is 6.07. The predicted octanol–water partition coefficient (Wildman–Crippen LogP) is 1.98. The lowest BCUT2D eigenvalue weighted by molar-refractivity contribution is -0.190. The van der Waals surface area contributed by atoms with E-state index in [4.69, 9.17) is 4.74 Å². The van der Waals surface area contributed by atoms with E-state index in [1.165, 1.54) is 6.92 Å². The van der Waals surface area contributed by atoms with Crippen molar-refractivity contribution in [1.29, 1.82) is 0 Å². The van der Waals surface area contributed by atoms with E-state index < -0.39 is 22.8 Å². The third-order valence-corrected chi connectivity index (χ3v) is 6.07. The normalized spacial score (nSPS) is 25.5. The zero-order chi connectivity index (χ0) is 20.0. The molecule has 2 unspecified atom stereocenters. The van der Waals surface area contributed by atoms with Crippen molar-refractivity contribution < 1.29 is 24.2 Å². The van der Waals surface area contributed by atoms with E-state index in [-0.39, 0.29) is 18.4 Å². The first kappa shape index (κ1) is 19.4. The Morgan fingerprint density at radius 1 is 1.33 bits per heavy atom. The van der Waals surface area contributed by atoms with E-state index in [2.05, 4.69) is 5.32 Å². The van der Waals surface area contributed by atoms with Gasteiger partial charge in [0.2, 0.25) is 5.91 Å². The first-order chi connectivity index (χ1) is 12.6. The molecule has 0 bridgehead atoms. The van der Waals surface area contributed by atoms with Crippen LogP contribution in [0.25, 0.3) is 0 Å². The summed E-state index contributed by atoms with van der Waals surface area (Å²) in [6.45, 7) is 8.08. The van der Waals surface area contributed by atoms with E-state index in [1.54, 1.807) is 36.9 Å². The number of ether oxygens (including phenoxy) is 1. The minimum absolute atomic E-state index is 0.0334. The van der Waals surface area contributed by atoms with Crippen molar-refractivity contribution in [2.24, 2.45) is 5.41 Å². The number of aliphatic carboxylic acids is 1. The molecule has 0 saturated heterocycles. The summed E-state index contributed by atoms with van der Waals surface area (Å²) in [7, 11) is 0. The van der Waals surface area contributed by atoms with E-state index >= 15 is 0 Å². The lowest BCUT2D eigenvalue weighted by Gasteiger charge is -2.58.